The molecule has 1 aromatic heterocycles. The Balaban J connectivity index is 2.22. The van der Waals surface area contributed by atoms with E-state index in [1.807, 2.05) is 0 Å². The lowest BCUT2D eigenvalue weighted by Crippen LogP contribution is -2.18. The summed E-state index contributed by atoms with van der Waals surface area (Å²) in [6, 6.07) is 0. The summed E-state index contributed by atoms with van der Waals surface area (Å²) in [7, 11) is 1.56. The number of hydrogen-bond acceptors (Lipinski definition) is 6. The summed E-state index contributed by atoms with van der Waals surface area (Å²) in [6.45, 7) is 0.929. The van der Waals surface area contributed by atoms with Gasteiger partial charge in [0.05, 0.1) is 30.8 Å². The van der Waals surface area contributed by atoms with Gasteiger partial charge in [-0.3, -0.25) is 0 Å². The van der Waals surface area contributed by atoms with Crippen LogP contribution in [0.15, 0.2) is 12.4 Å². The van der Waals surface area contributed by atoms with Crippen molar-refractivity contribution in [1.29, 1.82) is 0 Å². The fraction of sp³-hybridized carbons (Fsp3) is 0.556. The van der Waals surface area contributed by atoms with E-state index in [0.717, 1.165) is 0 Å². The Labute approximate surface area is 88.5 Å². The molecule has 1 rings (SSSR count). The third-order valence-electron chi connectivity index (χ3n) is 1.79. The largest absolute Gasteiger partial charge is 0.396 e. The monoisotopic (exact) mass is 212 g/mol. The third kappa shape index (κ3) is 4.57. The highest BCUT2D eigenvalue weighted by Crippen LogP contribution is 2.01. The lowest BCUT2D eigenvalue weighted by molar-refractivity contribution is 0.0615. The van der Waals surface area contributed by atoms with Gasteiger partial charge in [-0.25, -0.2) is 9.97 Å². The lowest BCUT2D eigenvalue weighted by atomic mass is 10.3. The van der Waals surface area contributed by atoms with Crippen LogP contribution in [0.1, 0.15) is 6.42 Å². The van der Waals surface area contributed by atoms with Crippen LogP contribution in [0.4, 0.5) is 11.6 Å². The molecule has 0 saturated heterocycles. The molecular formula is C9H16N4O2. The molecule has 1 heterocycles. The predicted molar refractivity (Wildman–Crippen MR) is 57.4 cm³/mol. The Hall–Kier alpha value is -1.40. The van der Waals surface area contributed by atoms with Crippen molar-refractivity contribution in [2.75, 3.05) is 31.3 Å². The van der Waals surface area contributed by atoms with Crippen molar-refractivity contribution < 1.29 is 9.84 Å². The number of nitrogen functional groups attached to an aromatic ring is 1. The number of aliphatic hydroxyl groups excluding tert-OH is 1. The molecule has 0 aliphatic rings. The van der Waals surface area contributed by atoms with Crippen LogP contribution < -0.4 is 11.1 Å². The van der Waals surface area contributed by atoms with E-state index < -0.39 is 6.10 Å². The maximum absolute atomic E-state index is 9.35. The van der Waals surface area contributed by atoms with Crippen molar-refractivity contribution in [2.45, 2.75) is 12.5 Å². The first-order valence-corrected chi connectivity index (χ1v) is 4.70. The number of ether oxygens (including phenoxy) is 1. The summed E-state index contributed by atoms with van der Waals surface area (Å²) >= 11 is 0. The number of hydrogen-bond donors (Lipinski definition) is 3. The van der Waals surface area contributed by atoms with Crippen molar-refractivity contribution in [3.8, 4) is 0 Å². The van der Waals surface area contributed by atoms with E-state index in [1.54, 1.807) is 7.11 Å². The fourth-order valence-corrected chi connectivity index (χ4v) is 1.06. The zero-order valence-corrected chi connectivity index (χ0v) is 8.68. The van der Waals surface area contributed by atoms with Gasteiger partial charge in [0.1, 0.15) is 0 Å². The Bertz CT molecular complexity index is 278. The number of nitrogens with two attached hydrogens (primary N) is 1. The number of aliphatic hydroxyl groups is 1. The van der Waals surface area contributed by atoms with Gasteiger partial charge in [-0.15, -0.1) is 0 Å². The fourth-order valence-electron chi connectivity index (χ4n) is 1.06. The van der Waals surface area contributed by atoms with Crippen LogP contribution in [-0.4, -0.2) is 41.4 Å². The number of rotatable bonds is 6. The third-order valence-corrected chi connectivity index (χ3v) is 1.79. The van der Waals surface area contributed by atoms with Gasteiger partial charge in [0.15, 0.2) is 0 Å². The topological polar surface area (TPSA) is 93.3 Å². The minimum Gasteiger partial charge on any atom is -0.396 e. The predicted octanol–water partition coefficient (Wildman–Crippen LogP) is -0.132. The molecule has 6 heteroatoms. The molecule has 1 aromatic rings. The highest BCUT2D eigenvalue weighted by Gasteiger charge is 2.02. The molecule has 0 radical (unpaired) electrons. The van der Waals surface area contributed by atoms with Crippen molar-refractivity contribution in [2.24, 2.45) is 0 Å². The quantitative estimate of drug-likeness (QED) is 0.608. The zero-order valence-electron chi connectivity index (χ0n) is 8.68. The summed E-state index contributed by atoms with van der Waals surface area (Å²) in [4.78, 5) is 7.92. The average Bonchev–Trinajstić information content (AvgIpc) is 2.21. The van der Waals surface area contributed by atoms with E-state index in [2.05, 4.69) is 15.3 Å². The molecule has 0 aliphatic carbocycles. The summed E-state index contributed by atoms with van der Waals surface area (Å²) in [6.07, 6.45) is 3.18. The number of anilines is 2. The molecule has 0 saturated carbocycles. The van der Waals surface area contributed by atoms with Gasteiger partial charge in [-0.1, -0.05) is 0 Å². The molecule has 0 fully saturated rings. The van der Waals surface area contributed by atoms with Crippen LogP contribution in [0.3, 0.4) is 0 Å². The molecule has 0 spiro atoms. The van der Waals surface area contributed by atoms with Gasteiger partial charge in [0, 0.05) is 13.7 Å². The average molecular weight is 212 g/mol. The Kier molecular flexibility index (Phi) is 4.79. The van der Waals surface area contributed by atoms with E-state index >= 15 is 0 Å². The SMILES string of the molecule is COCC(O)CCNc1ncc(N)cn1. The molecule has 0 aliphatic heterocycles. The maximum Gasteiger partial charge on any atom is 0.222 e. The number of nitrogens with zero attached hydrogens (tertiary/aromatic N) is 2. The van der Waals surface area contributed by atoms with Gasteiger partial charge >= 0.3 is 0 Å². The van der Waals surface area contributed by atoms with Gasteiger partial charge < -0.3 is 20.9 Å². The summed E-state index contributed by atoms with van der Waals surface area (Å²) in [5, 5.41) is 12.3. The highest BCUT2D eigenvalue weighted by atomic mass is 16.5. The van der Waals surface area contributed by atoms with Gasteiger partial charge in [-0.2, -0.15) is 0 Å². The molecule has 1 unspecified atom stereocenters. The molecular weight excluding hydrogens is 196 g/mol. The van der Waals surface area contributed by atoms with E-state index in [4.69, 9.17) is 10.5 Å². The molecule has 0 aromatic carbocycles. The van der Waals surface area contributed by atoms with Gasteiger partial charge in [0.25, 0.3) is 0 Å². The van der Waals surface area contributed by atoms with Crippen LogP contribution in [0.5, 0.6) is 0 Å². The molecule has 15 heavy (non-hydrogen) atoms. The number of aromatic nitrogens is 2. The van der Waals surface area contributed by atoms with E-state index in [1.165, 1.54) is 12.4 Å². The first-order valence-electron chi connectivity index (χ1n) is 4.70. The molecule has 0 amide bonds. The smallest absolute Gasteiger partial charge is 0.222 e. The van der Waals surface area contributed by atoms with Crippen molar-refractivity contribution >= 4 is 11.6 Å². The maximum atomic E-state index is 9.35. The van der Waals surface area contributed by atoms with Crippen LogP contribution >= 0.6 is 0 Å². The number of methoxy groups -OCH3 is 1. The van der Waals surface area contributed by atoms with E-state index in [-0.39, 0.29) is 0 Å². The van der Waals surface area contributed by atoms with E-state index in [9.17, 15) is 5.11 Å². The molecule has 6 nitrogen and oxygen atoms in total. The van der Waals surface area contributed by atoms with Crippen LogP contribution in [-0.2, 0) is 4.74 Å². The molecule has 84 valence electrons. The summed E-state index contributed by atoms with van der Waals surface area (Å²) in [5.41, 5.74) is 5.96. The second kappa shape index (κ2) is 6.15. The summed E-state index contributed by atoms with van der Waals surface area (Å²) < 4.78 is 4.80. The Morgan fingerprint density at radius 2 is 2.20 bits per heavy atom. The number of nitrogens with one attached hydrogen (secondary N) is 1. The molecule has 1 atom stereocenters. The Morgan fingerprint density at radius 3 is 2.80 bits per heavy atom. The van der Waals surface area contributed by atoms with Crippen LogP contribution in [0, 0.1) is 0 Å². The standard InChI is InChI=1S/C9H16N4O2/c1-15-6-8(14)2-3-11-9-12-4-7(10)5-13-9/h4-5,8,14H,2-3,6,10H2,1H3,(H,11,12,13). The highest BCUT2D eigenvalue weighted by molar-refractivity contribution is 5.35. The Morgan fingerprint density at radius 1 is 1.53 bits per heavy atom. The normalized spacial score (nSPS) is 12.4. The van der Waals surface area contributed by atoms with E-state index in [0.29, 0.717) is 31.2 Å². The van der Waals surface area contributed by atoms with Crippen molar-refractivity contribution in [3.63, 3.8) is 0 Å². The summed E-state index contributed by atoms with van der Waals surface area (Å²) in [5.74, 6) is 0.508. The molecule has 4 N–H and O–H groups in total. The minimum absolute atomic E-state index is 0.338. The van der Waals surface area contributed by atoms with Gasteiger partial charge in [-0.05, 0) is 6.42 Å². The lowest BCUT2D eigenvalue weighted by Gasteiger charge is -2.09. The van der Waals surface area contributed by atoms with Crippen molar-refractivity contribution in [1.82, 2.24) is 9.97 Å². The van der Waals surface area contributed by atoms with Crippen LogP contribution in [0.25, 0.3) is 0 Å². The minimum atomic E-state index is -0.462. The zero-order chi connectivity index (χ0) is 11.1. The molecule has 0 bridgehead atoms. The first kappa shape index (κ1) is 11.7. The van der Waals surface area contributed by atoms with Crippen LogP contribution in [0.2, 0.25) is 0 Å². The first-order chi connectivity index (χ1) is 7.22. The second-order valence-electron chi connectivity index (χ2n) is 3.16. The van der Waals surface area contributed by atoms with Gasteiger partial charge in [0.2, 0.25) is 5.95 Å². The van der Waals surface area contributed by atoms with Crippen molar-refractivity contribution in [3.05, 3.63) is 12.4 Å². The second-order valence-corrected chi connectivity index (χ2v) is 3.16.